The van der Waals surface area contributed by atoms with Crippen molar-refractivity contribution in [2.75, 3.05) is 5.32 Å². The lowest BCUT2D eigenvalue weighted by Crippen LogP contribution is -2.20. The number of H-pyrrole nitrogens is 1. The van der Waals surface area contributed by atoms with Gasteiger partial charge in [0.2, 0.25) is 5.91 Å². The van der Waals surface area contributed by atoms with Crippen molar-refractivity contribution in [1.29, 1.82) is 0 Å². The molecule has 1 aromatic carbocycles. The summed E-state index contributed by atoms with van der Waals surface area (Å²) in [5, 5.41) is 8.67. The molecule has 0 aliphatic rings. The molecule has 4 aromatic rings. The van der Waals surface area contributed by atoms with E-state index >= 15 is 0 Å². The number of aromatic nitrogens is 5. The van der Waals surface area contributed by atoms with E-state index in [0.717, 1.165) is 28.0 Å². The van der Waals surface area contributed by atoms with Gasteiger partial charge in [0.25, 0.3) is 5.56 Å². The number of carbonyl (C=O) groups excluding carboxylic acids is 1. The number of nitrogens with zero attached hydrogens (tertiary/aromatic N) is 4. The Morgan fingerprint density at radius 1 is 1.19 bits per heavy atom. The molecule has 0 radical (unpaired) electrons. The third-order valence-corrected chi connectivity index (χ3v) is 6.11. The van der Waals surface area contributed by atoms with Crippen LogP contribution in [0, 0.1) is 13.8 Å². The van der Waals surface area contributed by atoms with Crippen molar-refractivity contribution in [1.82, 2.24) is 24.7 Å². The summed E-state index contributed by atoms with van der Waals surface area (Å²) in [5.41, 5.74) is 4.35. The van der Waals surface area contributed by atoms with E-state index in [1.54, 1.807) is 17.8 Å². The van der Waals surface area contributed by atoms with Gasteiger partial charge < -0.3 is 10.3 Å². The molecular formula is C23H24N6O2S. The summed E-state index contributed by atoms with van der Waals surface area (Å²) in [6.45, 7) is 3.71. The van der Waals surface area contributed by atoms with Crippen LogP contribution in [0.15, 0.2) is 52.5 Å². The van der Waals surface area contributed by atoms with Gasteiger partial charge in [-0.25, -0.2) is 9.97 Å². The van der Waals surface area contributed by atoms with Crippen LogP contribution in [0.3, 0.4) is 0 Å². The second kappa shape index (κ2) is 9.35. The van der Waals surface area contributed by atoms with Crippen LogP contribution in [0.5, 0.6) is 0 Å². The highest BCUT2D eigenvalue weighted by Gasteiger charge is 2.13. The van der Waals surface area contributed by atoms with Gasteiger partial charge >= 0.3 is 0 Å². The molecule has 4 rings (SSSR count). The maximum absolute atomic E-state index is 12.6. The molecule has 3 heterocycles. The predicted molar refractivity (Wildman–Crippen MR) is 126 cm³/mol. The quantitative estimate of drug-likeness (QED) is 0.331. The normalized spacial score (nSPS) is 11.1. The van der Waals surface area contributed by atoms with Crippen molar-refractivity contribution in [3.05, 3.63) is 75.5 Å². The standard InChI is InChI=1S/C23H24N6O2S/c1-14-18(22(31)27-23(25-14)32-13-16-7-5-4-6-8-16)9-10-20(30)26-17-11-19-15(2)28-29(3)21(19)24-12-17/h4-8,11-12H,9-10,13H2,1-3H3,(H,26,30)(H,25,27,31). The number of aromatic amines is 1. The van der Waals surface area contributed by atoms with E-state index in [1.807, 2.05) is 50.4 Å². The molecule has 0 aliphatic carbocycles. The number of hydrogen-bond acceptors (Lipinski definition) is 6. The molecule has 1 amide bonds. The Morgan fingerprint density at radius 2 is 1.97 bits per heavy atom. The number of thioether (sulfide) groups is 1. The molecule has 0 fully saturated rings. The Balaban J connectivity index is 1.38. The van der Waals surface area contributed by atoms with Crippen LogP contribution >= 0.6 is 11.8 Å². The van der Waals surface area contributed by atoms with Crippen molar-refractivity contribution in [3.8, 4) is 0 Å². The highest BCUT2D eigenvalue weighted by atomic mass is 32.2. The van der Waals surface area contributed by atoms with E-state index < -0.39 is 0 Å². The van der Waals surface area contributed by atoms with Crippen LogP contribution in [0.4, 0.5) is 5.69 Å². The summed E-state index contributed by atoms with van der Waals surface area (Å²) in [5.74, 6) is 0.536. The molecule has 164 valence electrons. The number of amides is 1. The number of aryl methyl sites for hydroxylation is 3. The number of pyridine rings is 1. The van der Waals surface area contributed by atoms with Crippen LogP contribution in [0.25, 0.3) is 11.0 Å². The van der Waals surface area contributed by atoms with E-state index in [1.165, 1.54) is 11.8 Å². The second-order valence-corrected chi connectivity index (χ2v) is 8.53. The SMILES string of the molecule is Cc1nc(SCc2ccccc2)[nH]c(=O)c1CCC(=O)Nc1cnc2c(c1)c(C)nn2C. The van der Waals surface area contributed by atoms with E-state index in [0.29, 0.717) is 28.5 Å². The van der Waals surface area contributed by atoms with Gasteiger partial charge in [0.1, 0.15) is 0 Å². The van der Waals surface area contributed by atoms with Crippen molar-refractivity contribution in [3.63, 3.8) is 0 Å². The average Bonchev–Trinajstić information content (AvgIpc) is 3.05. The van der Waals surface area contributed by atoms with E-state index in [2.05, 4.69) is 25.4 Å². The zero-order valence-corrected chi connectivity index (χ0v) is 19.0. The number of fused-ring (bicyclic) bond motifs is 1. The first-order valence-corrected chi connectivity index (χ1v) is 11.2. The first-order chi connectivity index (χ1) is 15.4. The Hall–Kier alpha value is -3.46. The molecule has 8 nitrogen and oxygen atoms in total. The van der Waals surface area contributed by atoms with Gasteiger partial charge in [0, 0.05) is 35.9 Å². The highest BCUT2D eigenvalue weighted by Crippen LogP contribution is 2.20. The van der Waals surface area contributed by atoms with Crippen molar-refractivity contribution < 1.29 is 4.79 Å². The first kappa shape index (κ1) is 21.8. The Kier molecular flexibility index (Phi) is 6.36. The summed E-state index contributed by atoms with van der Waals surface area (Å²) in [6, 6.07) is 11.9. The fourth-order valence-corrected chi connectivity index (χ4v) is 4.37. The average molecular weight is 449 g/mol. The molecule has 0 atom stereocenters. The fraction of sp³-hybridized carbons (Fsp3) is 0.261. The largest absolute Gasteiger partial charge is 0.325 e. The lowest BCUT2D eigenvalue weighted by atomic mass is 10.1. The summed E-state index contributed by atoms with van der Waals surface area (Å²) >= 11 is 1.48. The van der Waals surface area contributed by atoms with Gasteiger partial charge in [0.15, 0.2) is 10.8 Å². The number of rotatable bonds is 7. The second-order valence-electron chi connectivity index (χ2n) is 7.56. The molecule has 0 spiro atoms. The van der Waals surface area contributed by atoms with Gasteiger partial charge in [-0.15, -0.1) is 0 Å². The molecule has 0 saturated carbocycles. The maximum Gasteiger partial charge on any atom is 0.254 e. The van der Waals surface area contributed by atoms with Crippen molar-refractivity contribution >= 4 is 34.4 Å². The van der Waals surface area contributed by atoms with E-state index in [4.69, 9.17) is 0 Å². The number of anilines is 1. The highest BCUT2D eigenvalue weighted by molar-refractivity contribution is 7.98. The van der Waals surface area contributed by atoms with Gasteiger partial charge in [0.05, 0.1) is 17.6 Å². The summed E-state index contributed by atoms with van der Waals surface area (Å²) in [7, 11) is 1.83. The lowest BCUT2D eigenvalue weighted by molar-refractivity contribution is -0.116. The molecule has 0 unspecified atom stereocenters. The van der Waals surface area contributed by atoms with Crippen molar-refractivity contribution in [2.45, 2.75) is 37.6 Å². The van der Waals surface area contributed by atoms with Crippen LogP contribution < -0.4 is 10.9 Å². The van der Waals surface area contributed by atoms with Crippen LogP contribution in [0.1, 0.15) is 28.9 Å². The lowest BCUT2D eigenvalue weighted by Gasteiger charge is -2.08. The van der Waals surface area contributed by atoms with Gasteiger partial charge in [-0.2, -0.15) is 5.10 Å². The van der Waals surface area contributed by atoms with Crippen LogP contribution in [0.2, 0.25) is 0 Å². The fourth-order valence-electron chi connectivity index (χ4n) is 3.51. The molecule has 32 heavy (non-hydrogen) atoms. The van der Waals surface area contributed by atoms with Crippen LogP contribution in [-0.2, 0) is 24.0 Å². The van der Waals surface area contributed by atoms with Crippen LogP contribution in [-0.4, -0.2) is 30.6 Å². The molecular weight excluding hydrogens is 424 g/mol. The molecule has 0 bridgehead atoms. The number of hydrogen-bond donors (Lipinski definition) is 2. The third-order valence-electron chi connectivity index (χ3n) is 5.17. The Morgan fingerprint density at radius 3 is 2.72 bits per heavy atom. The summed E-state index contributed by atoms with van der Waals surface area (Å²) in [4.78, 5) is 36.8. The third kappa shape index (κ3) is 4.88. The summed E-state index contributed by atoms with van der Waals surface area (Å²) in [6.07, 6.45) is 2.09. The predicted octanol–water partition coefficient (Wildman–Crippen LogP) is 3.53. The monoisotopic (exact) mass is 448 g/mol. The van der Waals surface area contributed by atoms with Gasteiger partial charge in [-0.1, -0.05) is 42.1 Å². The zero-order chi connectivity index (χ0) is 22.7. The Bertz CT molecular complexity index is 1330. The zero-order valence-electron chi connectivity index (χ0n) is 18.2. The van der Waals surface area contributed by atoms with E-state index in [9.17, 15) is 9.59 Å². The molecule has 9 heteroatoms. The number of nitrogens with one attached hydrogen (secondary N) is 2. The maximum atomic E-state index is 12.6. The number of benzene rings is 1. The minimum absolute atomic E-state index is 0.173. The molecule has 0 aliphatic heterocycles. The molecule has 3 aromatic heterocycles. The number of carbonyl (C=O) groups is 1. The topological polar surface area (TPSA) is 106 Å². The van der Waals surface area contributed by atoms with Gasteiger partial charge in [-0.3, -0.25) is 14.3 Å². The minimum atomic E-state index is -0.199. The molecule has 0 saturated heterocycles. The summed E-state index contributed by atoms with van der Waals surface area (Å²) < 4.78 is 1.71. The smallest absolute Gasteiger partial charge is 0.254 e. The van der Waals surface area contributed by atoms with Gasteiger partial charge in [-0.05, 0) is 31.9 Å². The van der Waals surface area contributed by atoms with E-state index in [-0.39, 0.29) is 17.9 Å². The Labute approximate surface area is 189 Å². The molecule has 2 N–H and O–H groups in total. The first-order valence-electron chi connectivity index (χ1n) is 10.3. The minimum Gasteiger partial charge on any atom is -0.325 e. The van der Waals surface area contributed by atoms with Crippen molar-refractivity contribution in [2.24, 2.45) is 7.05 Å².